The number of aromatic nitrogens is 5. The Morgan fingerprint density at radius 2 is 1.97 bits per heavy atom. The van der Waals surface area contributed by atoms with Crippen molar-refractivity contribution in [3.63, 3.8) is 0 Å². The minimum absolute atomic E-state index is 0.0867. The first-order valence-corrected chi connectivity index (χ1v) is 12.9. The van der Waals surface area contributed by atoms with Gasteiger partial charge in [0.1, 0.15) is 0 Å². The molecule has 2 aromatic heterocycles. The largest absolute Gasteiger partial charge is 0.493 e. The van der Waals surface area contributed by atoms with Crippen LogP contribution in [0.25, 0.3) is 10.9 Å². The van der Waals surface area contributed by atoms with E-state index in [0.29, 0.717) is 43.2 Å². The van der Waals surface area contributed by atoms with Gasteiger partial charge in [0.2, 0.25) is 0 Å². The van der Waals surface area contributed by atoms with E-state index < -0.39 is 0 Å². The SMILES string of the molecule is COc1ccc(CCN(Cc2cc3cc(C)ccc3[nH]c2=O)Cc2nnnn2CC2CCCO2)cc1OC. The molecule has 38 heavy (non-hydrogen) atoms. The smallest absolute Gasteiger partial charge is 0.252 e. The van der Waals surface area contributed by atoms with E-state index in [1.165, 1.54) is 0 Å². The summed E-state index contributed by atoms with van der Waals surface area (Å²) in [5.41, 5.74) is 3.70. The van der Waals surface area contributed by atoms with Crippen LogP contribution in [0.15, 0.2) is 47.3 Å². The molecule has 0 bridgehead atoms. The summed E-state index contributed by atoms with van der Waals surface area (Å²) in [5.74, 6) is 2.14. The van der Waals surface area contributed by atoms with Gasteiger partial charge >= 0.3 is 0 Å². The standard InChI is InChI=1S/C28H34N6O4/c1-19-6-8-24-21(13-19)15-22(28(35)29-24)16-33(11-10-20-7-9-25(36-2)26(14-20)37-3)18-27-30-31-32-34(27)17-23-5-4-12-38-23/h6-9,13-15,23H,4-5,10-12,16-18H2,1-3H3,(H,29,35). The third-order valence-corrected chi connectivity index (χ3v) is 7.01. The Labute approximate surface area is 221 Å². The Bertz CT molecular complexity index is 1440. The number of nitrogens with one attached hydrogen (secondary N) is 1. The zero-order chi connectivity index (χ0) is 26.5. The number of aryl methyl sites for hydroxylation is 1. The monoisotopic (exact) mass is 518 g/mol. The van der Waals surface area contributed by atoms with Crippen LogP contribution in [0.3, 0.4) is 0 Å². The number of rotatable bonds is 11. The van der Waals surface area contributed by atoms with Crippen LogP contribution in [0.4, 0.5) is 0 Å². The highest BCUT2D eigenvalue weighted by atomic mass is 16.5. The summed E-state index contributed by atoms with van der Waals surface area (Å²) < 4.78 is 18.5. The lowest BCUT2D eigenvalue weighted by atomic mass is 10.1. The van der Waals surface area contributed by atoms with E-state index in [4.69, 9.17) is 14.2 Å². The molecule has 0 aliphatic carbocycles. The average molecular weight is 519 g/mol. The molecule has 10 nitrogen and oxygen atoms in total. The van der Waals surface area contributed by atoms with Crippen LogP contribution < -0.4 is 15.0 Å². The number of tetrazole rings is 1. The zero-order valence-corrected chi connectivity index (χ0v) is 22.1. The van der Waals surface area contributed by atoms with Crippen LogP contribution in [-0.2, 0) is 30.8 Å². The van der Waals surface area contributed by atoms with Crippen LogP contribution in [0.2, 0.25) is 0 Å². The molecule has 1 atom stereocenters. The first-order valence-electron chi connectivity index (χ1n) is 12.9. The first-order chi connectivity index (χ1) is 18.5. The summed E-state index contributed by atoms with van der Waals surface area (Å²) in [5, 5.41) is 13.5. The third kappa shape index (κ3) is 6.03. The minimum Gasteiger partial charge on any atom is -0.493 e. The number of H-pyrrole nitrogens is 1. The summed E-state index contributed by atoms with van der Waals surface area (Å²) in [4.78, 5) is 18.3. The fraction of sp³-hybridized carbons (Fsp3) is 0.429. The lowest BCUT2D eigenvalue weighted by Gasteiger charge is -2.22. The molecule has 1 aliphatic rings. The average Bonchev–Trinajstić information content (AvgIpc) is 3.60. The highest BCUT2D eigenvalue weighted by Crippen LogP contribution is 2.28. The number of fused-ring (bicyclic) bond motifs is 1. The topological polar surface area (TPSA) is 107 Å². The molecule has 1 unspecified atom stereocenters. The van der Waals surface area contributed by atoms with Crippen LogP contribution >= 0.6 is 0 Å². The van der Waals surface area contributed by atoms with E-state index in [-0.39, 0.29) is 11.7 Å². The van der Waals surface area contributed by atoms with Crippen LogP contribution in [-0.4, -0.2) is 63.6 Å². The summed E-state index contributed by atoms with van der Waals surface area (Å²) >= 11 is 0. The van der Waals surface area contributed by atoms with Gasteiger partial charge in [-0.1, -0.05) is 17.7 Å². The van der Waals surface area contributed by atoms with E-state index in [0.717, 1.165) is 53.7 Å². The van der Waals surface area contributed by atoms with Gasteiger partial charge in [-0.3, -0.25) is 9.69 Å². The van der Waals surface area contributed by atoms with Crippen molar-refractivity contribution in [2.45, 2.75) is 51.9 Å². The van der Waals surface area contributed by atoms with E-state index in [1.807, 2.05) is 48.0 Å². The molecule has 3 heterocycles. The Hall–Kier alpha value is -3.76. The number of aromatic amines is 1. The fourth-order valence-electron chi connectivity index (χ4n) is 4.93. The number of pyridine rings is 1. The Balaban J connectivity index is 1.39. The molecule has 1 saturated heterocycles. The molecule has 5 rings (SSSR count). The van der Waals surface area contributed by atoms with Crippen molar-refractivity contribution in [1.82, 2.24) is 30.1 Å². The normalized spacial score (nSPS) is 15.4. The van der Waals surface area contributed by atoms with Gasteiger partial charge in [-0.25, -0.2) is 4.68 Å². The van der Waals surface area contributed by atoms with Gasteiger partial charge < -0.3 is 19.2 Å². The van der Waals surface area contributed by atoms with Crippen LogP contribution in [0.5, 0.6) is 11.5 Å². The van der Waals surface area contributed by atoms with Crippen molar-refractivity contribution in [3.05, 3.63) is 75.3 Å². The van der Waals surface area contributed by atoms with Crippen molar-refractivity contribution < 1.29 is 14.2 Å². The molecule has 1 N–H and O–H groups in total. The van der Waals surface area contributed by atoms with Gasteiger partial charge in [0.05, 0.1) is 33.4 Å². The van der Waals surface area contributed by atoms with Crippen molar-refractivity contribution >= 4 is 10.9 Å². The van der Waals surface area contributed by atoms with Gasteiger partial charge in [0, 0.05) is 30.8 Å². The number of nitrogens with zero attached hydrogens (tertiary/aromatic N) is 5. The molecule has 4 aromatic rings. The number of methoxy groups -OCH3 is 2. The van der Waals surface area contributed by atoms with Crippen molar-refractivity contribution in [1.29, 1.82) is 0 Å². The molecular weight excluding hydrogens is 484 g/mol. The lowest BCUT2D eigenvalue weighted by molar-refractivity contribution is 0.0916. The molecular formula is C28H34N6O4. The highest BCUT2D eigenvalue weighted by Gasteiger charge is 2.21. The minimum atomic E-state index is -0.0867. The van der Waals surface area contributed by atoms with E-state index in [9.17, 15) is 4.79 Å². The van der Waals surface area contributed by atoms with Crippen LogP contribution in [0, 0.1) is 6.92 Å². The summed E-state index contributed by atoms with van der Waals surface area (Å²) in [7, 11) is 3.26. The predicted molar refractivity (Wildman–Crippen MR) is 143 cm³/mol. The quantitative estimate of drug-likeness (QED) is 0.322. The second-order valence-electron chi connectivity index (χ2n) is 9.78. The second-order valence-corrected chi connectivity index (χ2v) is 9.78. The molecule has 1 aliphatic heterocycles. The van der Waals surface area contributed by atoms with E-state index in [1.54, 1.807) is 14.2 Å². The number of benzene rings is 2. The fourth-order valence-corrected chi connectivity index (χ4v) is 4.93. The van der Waals surface area contributed by atoms with Gasteiger partial charge in [0.15, 0.2) is 17.3 Å². The predicted octanol–water partition coefficient (Wildman–Crippen LogP) is 3.26. The summed E-state index contributed by atoms with van der Waals surface area (Å²) in [6.45, 7) is 5.10. The Morgan fingerprint density at radius 3 is 2.76 bits per heavy atom. The third-order valence-electron chi connectivity index (χ3n) is 7.01. The van der Waals surface area contributed by atoms with Gasteiger partial charge in [0.25, 0.3) is 5.56 Å². The number of hydrogen-bond donors (Lipinski definition) is 1. The number of ether oxygens (including phenoxy) is 3. The molecule has 200 valence electrons. The maximum Gasteiger partial charge on any atom is 0.252 e. The van der Waals surface area contributed by atoms with Gasteiger partial charge in [-0.15, -0.1) is 5.10 Å². The maximum atomic E-state index is 13.0. The van der Waals surface area contributed by atoms with Crippen molar-refractivity contribution in [2.24, 2.45) is 0 Å². The molecule has 2 aromatic carbocycles. The highest BCUT2D eigenvalue weighted by molar-refractivity contribution is 5.79. The maximum absolute atomic E-state index is 13.0. The summed E-state index contributed by atoms with van der Waals surface area (Å²) in [6.07, 6.45) is 2.94. The van der Waals surface area contributed by atoms with Gasteiger partial charge in [-0.05, 0) is 77.9 Å². The summed E-state index contributed by atoms with van der Waals surface area (Å²) in [6, 6.07) is 14.0. The first kappa shape index (κ1) is 25.9. The molecule has 0 radical (unpaired) electrons. The molecule has 0 spiro atoms. The lowest BCUT2D eigenvalue weighted by Crippen LogP contribution is -2.30. The zero-order valence-electron chi connectivity index (χ0n) is 22.1. The second kappa shape index (κ2) is 11.7. The molecule has 10 heteroatoms. The molecule has 1 fully saturated rings. The number of hydrogen-bond acceptors (Lipinski definition) is 8. The van der Waals surface area contributed by atoms with Gasteiger partial charge in [-0.2, -0.15) is 0 Å². The molecule has 0 saturated carbocycles. The Morgan fingerprint density at radius 1 is 1.11 bits per heavy atom. The van der Waals surface area contributed by atoms with Crippen molar-refractivity contribution in [3.8, 4) is 11.5 Å². The van der Waals surface area contributed by atoms with Crippen molar-refractivity contribution in [2.75, 3.05) is 27.4 Å². The van der Waals surface area contributed by atoms with E-state index in [2.05, 4.69) is 31.5 Å². The van der Waals surface area contributed by atoms with Crippen LogP contribution in [0.1, 0.15) is 35.4 Å². The Kier molecular flexibility index (Phi) is 8.00. The van der Waals surface area contributed by atoms with E-state index >= 15 is 0 Å². The molecule has 0 amide bonds.